The highest BCUT2D eigenvalue weighted by atomic mass is 15.4. The van der Waals surface area contributed by atoms with Gasteiger partial charge in [0.2, 0.25) is 0 Å². The summed E-state index contributed by atoms with van der Waals surface area (Å²) in [4.78, 5) is 4.45. The molecule has 1 unspecified atom stereocenters. The van der Waals surface area contributed by atoms with E-state index in [2.05, 4.69) is 37.8 Å². The Morgan fingerprint density at radius 2 is 1.92 bits per heavy atom. The maximum Gasteiger partial charge on any atom is 0.153 e. The van der Waals surface area contributed by atoms with Gasteiger partial charge in [-0.2, -0.15) is 5.10 Å². The van der Waals surface area contributed by atoms with Gasteiger partial charge < -0.3 is 0 Å². The first kappa shape index (κ1) is 10.2. The standard InChI is InChI=1S/C10H19N3/c1-6-8(4)10-11-9(5)13(12-10)7(2)3/h7-8H,6H2,1-5H3. The molecule has 0 aliphatic carbocycles. The van der Waals surface area contributed by atoms with Crippen molar-refractivity contribution in [2.24, 2.45) is 0 Å². The van der Waals surface area contributed by atoms with Gasteiger partial charge in [0.05, 0.1) is 0 Å². The van der Waals surface area contributed by atoms with Crippen molar-refractivity contribution in [2.75, 3.05) is 0 Å². The molecule has 74 valence electrons. The van der Waals surface area contributed by atoms with Gasteiger partial charge in [0.1, 0.15) is 5.82 Å². The third-order valence-corrected chi connectivity index (χ3v) is 2.36. The van der Waals surface area contributed by atoms with E-state index in [1.165, 1.54) is 0 Å². The number of hydrogen-bond donors (Lipinski definition) is 0. The topological polar surface area (TPSA) is 30.7 Å². The van der Waals surface area contributed by atoms with Crippen molar-refractivity contribution >= 4 is 0 Å². The van der Waals surface area contributed by atoms with Crippen molar-refractivity contribution in [2.45, 2.75) is 53.0 Å². The molecule has 0 aliphatic rings. The van der Waals surface area contributed by atoms with Crippen molar-refractivity contribution in [1.82, 2.24) is 14.8 Å². The lowest BCUT2D eigenvalue weighted by molar-refractivity contribution is 0.507. The Morgan fingerprint density at radius 1 is 1.31 bits per heavy atom. The molecule has 1 aromatic heterocycles. The highest BCUT2D eigenvalue weighted by molar-refractivity contribution is 4.97. The minimum atomic E-state index is 0.408. The molecule has 1 heterocycles. The van der Waals surface area contributed by atoms with Crippen LogP contribution in [0, 0.1) is 6.92 Å². The van der Waals surface area contributed by atoms with Gasteiger partial charge in [0.25, 0.3) is 0 Å². The number of aromatic nitrogens is 3. The first-order valence-corrected chi connectivity index (χ1v) is 4.99. The van der Waals surface area contributed by atoms with Crippen LogP contribution in [0.25, 0.3) is 0 Å². The monoisotopic (exact) mass is 181 g/mol. The lowest BCUT2D eigenvalue weighted by atomic mass is 10.1. The third kappa shape index (κ3) is 2.08. The van der Waals surface area contributed by atoms with E-state index in [-0.39, 0.29) is 0 Å². The van der Waals surface area contributed by atoms with Crippen LogP contribution < -0.4 is 0 Å². The maximum absolute atomic E-state index is 4.49. The van der Waals surface area contributed by atoms with Crippen LogP contribution in [0.3, 0.4) is 0 Å². The number of rotatable bonds is 3. The molecule has 3 heteroatoms. The molecule has 0 saturated carbocycles. The Kier molecular flexibility index (Phi) is 3.07. The summed E-state index contributed by atoms with van der Waals surface area (Å²) in [6, 6.07) is 0.408. The zero-order valence-electron chi connectivity index (χ0n) is 9.20. The number of hydrogen-bond acceptors (Lipinski definition) is 2. The van der Waals surface area contributed by atoms with E-state index >= 15 is 0 Å². The van der Waals surface area contributed by atoms with Gasteiger partial charge in [-0.25, -0.2) is 9.67 Å². The van der Waals surface area contributed by atoms with Gasteiger partial charge in [-0.1, -0.05) is 13.8 Å². The summed E-state index contributed by atoms with van der Waals surface area (Å²) in [7, 11) is 0. The van der Waals surface area contributed by atoms with Crippen molar-refractivity contribution < 1.29 is 0 Å². The van der Waals surface area contributed by atoms with E-state index in [1.54, 1.807) is 0 Å². The Labute approximate surface area is 80.2 Å². The van der Waals surface area contributed by atoms with Gasteiger partial charge in [-0.05, 0) is 27.2 Å². The molecule has 0 radical (unpaired) electrons. The first-order valence-electron chi connectivity index (χ1n) is 4.99. The zero-order chi connectivity index (χ0) is 10.0. The van der Waals surface area contributed by atoms with Crippen LogP contribution in [0.1, 0.15) is 57.7 Å². The van der Waals surface area contributed by atoms with E-state index in [4.69, 9.17) is 0 Å². The van der Waals surface area contributed by atoms with Crippen LogP contribution in [-0.4, -0.2) is 14.8 Å². The highest BCUT2D eigenvalue weighted by Crippen LogP contribution is 2.16. The molecular formula is C10H19N3. The predicted molar refractivity (Wildman–Crippen MR) is 53.9 cm³/mol. The molecule has 1 aromatic rings. The average Bonchev–Trinajstić information content (AvgIpc) is 2.46. The molecule has 13 heavy (non-hydrogen) atoms. The molecular weight excluding hydrogens is 162 g/mol. The van der Waals surface area contributed by atoms with Crippen molar-refractivity contribution in [3.8, 4) is 0 Å². The molecule has 1 rings (SSSR count). The van der Waals surface area contributed by atoms with E-state index < -0.39 is 0 Å². The molecule has 0 N–H and O–H groups in total. The maximum atomic E-state index is 4.49. The van der Waals surface area contributed by atoms with Crippen LogP contribution in [0.15, 0.2) is 0 Å². The normalized spacial score (nSPS) is 13.7. The van der Waals surface area contributed by atoms with Gasteiger partial charge in [-0.15, -0.1) is 0 Å². The summed E-state index contributed by atoms with van der Waals surface area (Å²) in [5.41, 5.74) is 0. The Balaban J connectivity index is 2.95. The van der Waals surface area contributed by atoms with Crippen LogP contribution in [-0.2, 0) is 0 Å². The Morgan fingerprint density at radius 3 is 2.31 bits per heavy atom. The molecule has 1 atom stereocenters. The van der Waals surface area contributed by atoms with Crippen LogP contribution >= 0.6 is 0 Å². The van der Waals surface area contributed by atoms with Gasteiger partial charge in [-0.3, -0.25) is 0 Å². The summed E-state index contributed by atoms with van der Waals surface area (Å²) >= 11 is 0. The fourth-order valence-electron chi connectivity index (χ4n) is 1.30. The minimum absolute atomic E-state index is 0.408. The summed E-state index contributed by atoms with van der Waals surface area (Å²) in [6.07, 6.45) is 1.10. The fraction of sp³-hybridized carbons (Fsp3) is 0.800. The second-order valence-corrected chi connectivity index (χ2v) is 3.86. The van der Waals surface area contributed by atoms with Crippen LogP contribution in [0.2, 0.25) is 0 Å². The molecule has 0 saturated heterocycles. The first-order chi connectivity index (χ1) is 6.06. The van der Waals surface area contributed by atoms with Crippen molar-refractivity contribution in [3.05, 3.63) is 11.6 Å². The minimum Gasteiger partial charge on any atom is -0.248 e. The summed E-state index contributed by atoms with van der Waals surface area (Å²) in [5, 5.41) is 4.49. The predicted octanol–water partition coefficient (Wildman–Crippen LogP) is 2.68. The number of aryl methyl sites for hydroxylation is 1. The number of nitrogens with zero attached hydrogens (tertiary/aromatic N) is 3. The smallest absolute Gasteiger partial charge is 0.153 e. The lowest BCUT2D eigenvalue weighted by Crippen LogP contribution is -2.05. The molecule has 0 aromatic carbocycles. The zero-order valence-corrected chi connectivity index (χ0v) is 9.20. The quantitative estimate of drug-likeness (QED) is 0.717. The second kappa shape index (κ2) is 3.90. The van der Waals surface area contributed by atoms with Crippen LogP contribution in [0.4, 0.5) is 0 Å². The summed E-state index contributed by atoms with van der Waals surface area (Å²) < 4.78 is 1.99. The van der Waals surface area contributed by atoms with Crippen LogP contribution in [0.5, 0.6) is 0 Å². The Bertz CT molecular complexity index is 276. The van der Waals surface area contributed by atoms with Gasteiger partial charge in [0.15, 0.2) is 5.82 Å². The molecule has 0 aliphatic heterocycles. The van der Waals surface area contributed by atoms with Crippen molar-refractivity contribution in [1.29, 1.82) is 0 Å². The van der Waals surface area contributed by atoms with E-state index in [0.29, 0.717) is 12.0 Å². The van der Waals surface area contributed by atoms with E-state index in [9.17, 15) is 0 Å². The SMILES string of the molecule is CCC(C)c1nc(C)n(C(C)C)n1. The van der Waals surface area contributed by atoms with E-state index in [0.717, 1.165) is 18.1 Å². The largest absolute Gasteiger partial charge is 0.248 e. The molecule has 3 nitrogen and oxygen atoms in total. The lowest BCUT2D eigenvalue weighted by Gasteiger charge is -2.05. The fourth-order valence-corrected chi connectivity index (χ4v) is 1.30. The molecule has 0 spiro atoms. The second-order valence-electron chi connectivity index (χ2n) is 3.86. The molecule has 0 fully saturated rings. The van der Waals surface area contributed by atoms with Gasteiger partial charge in [0, 0.05) is 12.0 Å². The van der Waals surface area contributed by atoms with Gasteiger partial charge >= 0.3 is 0 Å². The molecule has 0 bridgehead atoms. The molecule has 0 amide bonds. The highest BCUT2D eigenvalue weighted by Gasteiger charge is 2.12. The third-order valence-electron chi connectivity index (χ3n) is 2.36. The van der Waals surface area contributed by atoms with E-state index in [1.807, 2.05) is 11.6 Å². The summed E-state index contributed by atoms with van der Waals surface area (Å²) in [6.45, 7) is 10.6. The summed E-state index contributed by atoms with van der Waals surface area (Å²) in [5.74, 6) is 2.47. The average molecular weight is 181 g/mol. The van der Waals surface area contributed by atoms with Crippen molar-refractivity contribution in [3.63, 3.8) is 0 Å². The Hall–Kier alpha value is -0.860.